The molecular weight excluding hydrogens is 309 g/mol. The third kappa shape index (κ3) is 5.72. The molecule has 0 aliphatic heterocycles. The van der Waals surface area contributed by atoms with Crippen molar-refractivity contribution in [1.29, 1.82) is 0 Å². The van der Waals surface area contributed by atoms with E-state index in [-0.39, 0.29) is 24.2 Å². The van der Waals surface area contributed by atoms with Crippen LogP contribution in [0, 0.1) is 5.82 Å². The Balaban J connectivity index is 1.75. The maximum Gasteiger partial charge on any atom is 0.239 e. The molecule has 0 bridgehead atoms. The van der Waals surface area contributed by atoms with Crippen LogP contribution in [0.25, 0.3) is 0 Å². The van der Waals surface area contributed by atoms with E-state index in [0.717, 1.165) is 5.69 Å². The Morgan fingerprint density at radius 3 is 2.54 bits per heavy atom. The summed E-state index contributed by atoms with van der Waals surface area (Å²) in [6.07, 6.45) is 0.441. The first kappa shape index (κ1) is 17.5. The average molecular weight is 329 g/mol. The Morgan fingerprint density at radius 1 is 1.04 bits per heavy atom. The number of amides is 2. The van der Waals surface area contributed by atoms with E-state index in [4.69, 9.17) is 0 Å². The molecule has 2 rings (SSSR count). The van der Waals surface area contributed by atoms with Gasteiger partial charge in [-0.25, -0.2) is 4.39 Å². The molecule has 0 radical (unpaired) electrons. The molecule has 0 aliphatic carbocycles. The molecule has 3 N–H and O–H groups in total. The van der Waals surface area contributed by atoms with Gasteiger partial charge < -0.3 is 16.0 Å². The third-order valence-electron chi connectivity index (χ3n) is 3.31. The van der Waals surface area contributed by atoms with E-state index in [9.17, 15) is 14.0 Å². The highest BCUT2D eigenvalue weighted by atomic mass is 19.1. The molecule has 0 aliphatic rings. The monoisotopic (exact) mass is 329 g/mol. The summed E-state index contributed by atoms with van der Waals surface area (Å²) in [4.78, 5) is 22.8. The van der Waals surface area contributed by atoms with Gasteiger partial charge in [-0.05, 0) is 36.2 Å². The first-order chi connectivity index (χ1) is 11.5. The fraction of sp³-hybridized carbons (Fsp3) is 0.222. The Hall–Kier alpha value is -2.89. The van der Waals surface area contributed by atoms with Crippen molar-refractivity contribution in [3.63, 3.8) is 0 Å². The van der Waals surface area contributed by atoms with Crippen LogP contribution in [-0.2, 0) is 16.0 Å². The number of halogens is 1. The molecule has 24 heavy (non-hydrogen) atoms. The molecule has 0 fully saturated rings. The van der Waals surface area contributed by atoms with Crippen molar-refractivity contribution >= 4 is 23.2 Å². The van der Waals surface area contributed by atoms with Gasteiger partial charge in [-0.15, -0.1) is 0 Å². The van der Waals surface area contributed by atoms with Crippen molar-refractivity contribution in [2.45, 2.75) is 13.3 Å². The molecule has 2 amide bonds. The minimum atomic E-state index is -0.264. The summed E-state index contributed by atoms with van der Waals surface area (Å²) in [6.45, 7) is 1.90. The first-order valence-electron chi connectivity index (χ1n) is 7.66. The molecule has 5 nitrogen and oxygen atoms in total. The summed E-state index contributed by atoms with van der Waals surface area (Å²) in [6, 6.07) is 13.6. The van der Waals surface area contributed by atoms with Gasteiger partial charge in [0.1, 0.15) is 5.82 Å². The number of hydrogen-bond donors (Lipinski definition) is 3. The van der Waals surface area contributed by atoms with Crippen LogP contribution in [0.4, 0.5) is 15.8 Å². The predicted molar refractivity (Wildman–Crippen MR) is 92.3 cm³/mol. The van der Waals surface area contributed by atoms with Gasteiger partial charge in [-0.3, -0.25) is 9.59 Å². The van der Waals surface area contributed by atoms with Crippen LogP contribution in [0.5, 0.6) is 0 Å². The predicted octanol–water partition coefficient (Wildman–Crippen LogP) is 2.55. The maximum absolute atomic E-state index is 13.5. The summed E-state index contributed by atoms with van der Waals surface area (Å²) < 4.78 is 13.5. The fourth-order valence-electron chi connectivity index (χ4n) is 2.19. The molecule has 0 heterocycles. The number of rotatable bonds is 7. The van der Waals surface area contributed by atoms with Crippen LogP contribution in [0.15, 0.2) is 48.5 Å². The Bertz CT molecular complexity index is 719. The van der Waals surface area contributed by atoms with Crippen LogP contribution in [-0.4, -0.2) is 24.9 Å². The zero-order valence-electron chi connectivity index (χ0n) is 13.4. The standard InChI is InChI=1S/C18H20FN3O2/c1-13(23)22-16-7-4-6-15(11-16)21-12-18(24)20-10-9-14-5-2-3-8-17(14)19/h2-8,11,21H,9-10,12H2,1H3,(H,20,24)(H,22,23). The number of anilines is 2. The number of benzene rings is 2. The van der Waals surface area contributed by atoms with Crippen molar-refractivity contribution in [3.05, 3.63) is 59.9 Å². The molecule has 0 unspecified atom stereocenters. The summed E-state index contributed by atoms with van der Waals surface area (Å²) >= 11 is 0. The van der Waals surface area contributed by atoms with Gasteiger partial charge in [0.05, 0.1) is 6.54 Å². The first-order valence-corrected chi connectivity index (χ1v) is 7.66. The summed E-state index contributed by atoms with van der Waals surface area (Å²) in [7, 11) is 0. The molecule has 6 heteroatoms. The maximum atomic E-state index is 13.5. The van der Waals surface area contributed by atoms with Crippen LogP contribution < -0.4 is 16.0 Å². The van der Waals surface area contributed by atoms with Gasteiger partial charge in [-0.1, -0.05) is 24.3 Å². The molecule has 0 saturated carbocycles. The quantitative estimate of drug-likeness (QED) is 0.731. The van der Waals surface area contributed by atoms with E-state index in [1.165, 1.54) is 13.0 Å². The molecule has 0 atom stereocenters. The van der Waals surface area contributed by atoms with Gasteiger partial charge in [0, 0.05) is 24.8 Å². The number of carbonyl (C=O) groups is 2. The molecule has 126 valence electrons. The van der Waals surface area contributed by atoms with Crippen molar-refractivity contribution in [2.24, 2.45) is 0 Å². The largest absolute Gasteiger partial charge is 0.376 e. The van der Waals surface area contributed by atoms with E-state index >= 15 is 0 Å². The minimum absolute atomic E-state index is 0.0980. The van der Waals surface area contributed by atoms with E-state index in [1.54, 1.807) is 42.5 Å². The van der Waals surface area contributed by atoms with Crippen LogP contribution in [0.2, 0.25) is 0 Å². The van der Waals surface area contributed by atoms with Crippen molar-refractivity contribution in [3.8, 4) is 0 Å². The Kier molecular flexibility index (Phi) is 6.31. The number of carbonyl (C=O) groups excluding carboxylic acids is 2. The lowest BCUT2D eigenvalue weighted by atomic mass is 10.1. The second-order valence-corrected chi connectivity index (χ2v) is 5.31. The molecule has 0 spiro atoms. The van der Waals surface area contributed by atoms with Crippen molar-refractivity contribution < 1.29 is 14.0 Å². The van der Waals surface area contributed by atoms with E-state index in [2.05, 4.69) is 16.0 Å². The van der Waals surface area contributed by atoms with E-state index in [1.807, 2.05) is 0 Å². The lowest BCUT2D eigenvalue weighted by molar-refractivity contribution is -0.119. The van der Waals surface area contributed by atoms with Gasteiger partial charge in [0.15, 0.2) is 0 Å². The SMILES string of the molecule is CC(=O)Nc1cccc(NCC(=O)NCCc2ccccc2F)c1. The molecule has 0 aromatic heterocycles. The Labute approximate surface area is 140 Å². The molecular formula is C18H20FN3O2. The fourth-order valence-corrected chi connectivity index (χ4v) is 2.19. The lowest BCUT2D eigenvalue weighted by Gasteiger charge is -2.10. The van der Waals surface area contributed by atoms with Gasteiger partial charge in [0.2, 0.25) is 11.8 Å². The van der Waals surface area contributed by atoms with E-state index in [0.29, 0.717) is 24.2 Å². The number of nitrogens with one attached hydrogen (secondary N) is 3. The summed E-state index contributed by atoms with van der Waals surface area (Å²) in [5.74, 6) is -0.603. The zero-order valence-corrected chi connectivity index (χ0v) is 13.4. The normalized spacial score (nSPS) is 10.1. The molecule has 2 aromatic rings. The number of hydrogen-bond acceptors (Lipinski definition) is 3. The van der Waals surface area contributed by atoms with Crippen molar-refractivity contribution in [2.75, 3.05) is 23.7 Å². The van der Waals surface area contributed by atoms with Crippen LogP contribution >= 0.6 is 0 Å². The third-order valence-corrected chi connectivity index (χ3v) is 3.31. The highest BCUT2D eigenvalue weighted by Gasteiger charge is 2.04. The van der Waals surface area contributed by atoms with Gasteiger partial charge in [-0.2, -0.15) is 0 Å². The van der Waals surface area contributed by atoms with E-state index < -0.39 is 0 Å². The zero-order chi connectivity index (χ0) is 17.4. The highest BCUT2D eigenvalue weighted by Crippen LogP contribution is 2.14. The summed E-state index contributed by atoms with van der Waals surface area (Å²) in [5.41, 5.74) is 1.96. The van der Waals surface area contributed by atoms with Crippen molar-refractivity contribution in [1.82, 2.24) is 5.32 Å². The second-order valence-electron chi connectivity index (χ2n) is 5.31. The molecule has 0 saturated heterocycles. The second kappa shape index (κ2) is 8.67. The molecule has 2 aromatic carbocycles. The Morgan fingerprint density at radius 2 is 1.79 bits per heavy atom. The topological polar surface area (TPSA) is 70.2 Å². The van der Waals surface area contributed by atoms with Gasteiger partial charge in [0.25, 0.3) is 0 Å². The average Bonchev–Trinajstić information content (AvgIpc) is 2.54. The van der Waals surface area contributed by atoms with Crippen LogP contribution in [0.3, 0.4) is 0 Å². The van der Waals surface area contributed by atoms with Gasteiger partial charge >= 0.3 is 0 Å². The lowest BCUT2D eigenvalue weighted by Crippen LogP contribution is -2.31. The smallest absolute Gasteiger partial charge is 0.239 e. The minimum Gasteiger partial charge on any atom is -0.376 e. The highest BCUT2D eigenvalue weighted by molar-refractivity contribution is 5.89. The van der Waals surface area contributed by atoms with Crippen LogP contribution in [0.1, 0.15) is 12.5 Å². The summed E-state index contributed by atoms with van der Waals surface area (Å²) in [5, 5.41) is 8.39.